The Morgan fingerprint density at radius 2 is 1.71 bits per heavy atom. The largest absolute Gasteiger partial charge is 0.385 e. The molecule has 0 spiro atoms. The molecule has 0 radical (unpaired) electrons. The van der Waals surface area contributed by atoms with Crippen molar-refractivity contribution in [2.24, 2.45) is 0 Å². The molecule has 0 aliphatic carbocycles. The first-order chi connectivity index (χ1) is 10.1. The summed E-state index contributed by atoms with van der Waals surface area (Å²) < 4.78 is 0. The Morgan fingerprint density at radius 1 is 1.05 bits per heavy atom. The Morgan fingerprint density at radius 3 is 2.33 bits per heavy atom. The summed E-state index contributed by atoms with van der Waals surface area (Å²) >= 11 is 0. The third-order valence-electron chi connectivity index (χ3n) is 3.16. The molecule has 4 nitrogen and oxygen atoms in total. The molecule has 2 N–H and O–H groups in total. The number of rotatable bonds is 5. The molecule has 0 aliphatic rings. The van der Waals surface area contributed by atoms with E-state index < -0.39 is 0 Å². The fourth-order valence-electron chi connectivity index (χ4n) is 2.11. The van der Waals surface area contributed by atoms with E-state index in [-0.39, 0.29) is 5.91 Å². The lowest BCUT2D eigenvalue weighted by molar-refractivity contribution is 0.102. The van der Waals surface area contributed by atoms with Crippen molar-refractivity contribution in [1.82, 2.24) is 0 Å². The van der Waals surface area contributed by atoms with Crippen molar-refractivity contribution < 1.29 is 4.79 Å². The van der Waals surface area contributed by atoms with Gasteiger partial charge in [0.2, 0.25) is 0 Å². The maximum absolute atomic E-state index is 12.3. The van der Waals surface area contributed by atoms with Crippen LogP contribution in [0.3, 0.4) is 0 Å². The number of hydrogen-bond donors (Lipinski definition) is 2. The highest BCUT2D eigenvalue weighted by Crippen LogP contribution is 2.24. The number of carbonyl (C=O) groups excluding carboxylic acids is 1. The second kappa shape index (κ2) is 6.79. The van der Waals surface area contributed by atoms with Crippen molar-refractivity contribution in [2.45, 2.75) is 6.92 Å². The van der Waals surface area contributed by atoms with Crippen LogP contribution in [0.1, 0.15) is 17.3 Å². The molecule has 0 heterocycles. The highest BCUT2D eigenvalue weighted by molar-refractivity contribution is 6.06. The highest BCUT2D eigenvalue weighted by atomic mass is 16.1. The predicted octanol–water partition coefficient (Wildman–Crippen LogP) is 3.44. The van der Waals surface area contributed by atoms with E-state index in [0.29, 0.717) is 5.56 Å². The number of nitrogens with one attached hydrogen (secondary N) is 2. The van der Waals surface area contributed by atoms with E-state index in [0.717, 1.165) is 23.6 Å². The minimum Gasteiger partial charge on any atom is -0.385 e. The highest BCUT2D eigenvalue weighted by Gasteiger charge is 2.09. The molecule has 0 fully saturated rings. The van der Waals surface area contributed by atoms with Gasteiger partial charge in [-0.25, -0.2) is 0 Å². The average Bonchev–Trinajstić information content (AvgIpc) is 2.48. The maximum Gasteiger partial charge on any atom is 0.255 e. The Labute approximate surface area is 125 Å². The molecule has 2 rings (SSSR count). The van der Waals surface area contributed by atoms with Gasteiger partial charge in [0.15, 0.2) is 0 Å². The van der Waals surface area contributed by atoms with Crippen LogP contribution in [0.4, 0.5) is 17.1 Å². The molecule has 0 unspecified atom stereocenters. The van der Waals surface area contributed by atoms with E-state index in [2.05, 4.69) is 10.6 Å². The summed E-state index contributed by atoms with van der Waals surface area (Å²) in [5.41, 5.74) is 3.45. The fraction of sp³-hybridized carbons (Fsp3) is 0.235. The summed E-state index contributed by atoms with van der Waals surface area (Å²) in [7, 11) is 3.91. The summed E-state index contributed by atoms with van der Waals surface area (Å²) in [5.74, 6) is -0.104. The van der Waals surface area contributed by atoms with Gasteiger partial charge in [-0.3, -0.25) is 4.79 Å². The van der Waals surface area contributed by atoms with Crippen LogP contribution in [0.25, 0.3) is 0 Å². The molecule has 2 aromatic rings. The number of carbonyl (C=O) groups is 1. The van der Waals surface area contributed by atoms with E-state index in [1.807, 2.05) is 74.4 Å². The number of anilines is 3. The predicted molar refractivity (Wildman–Crippen MR) is 89.3 cm³/mol. The topological polar surface area (TPSA) is 44.4 Å². The zero-order valence-electron chi connectivity index (χ0n) is 12.7. The van der Waals surface area contributed by atoms with Crippen LogP contribution in [0.15, 0.2) is 48.5 Å². The lowest BCUT2D eigenvalue weighted by Crippen LogP contribution is -2.16. The first-order valence-corrected chi connectivity index (χ1v) is 7.03. The molecule has 2 aromatic carbocycles. The second-order valence-corrected chi connectivity index (χ2v) is 4.97. The first kappa shape index (κ1) is 14.9. The van der Waals surface area contributed by atoms with E-state index in [1.54, 1.807) is 0 Å². The summed E-state index contributed by atoms with van der Waals surface area (Å²) in [6, 6.07) is 15.2. The normalized spacial score (nSPS) is 10.0. The summed E-state index contributed by atoms with van der Waals surface area (Å²) in [5, 5.41) is 6.17. The zero-order chi connectivity index (χ0) is 15.2. The SMILES string of the molecule is CCNc1ccc(C(=O)Nc2ccccc2N(C)C)cc1. The molecular formula is C17H21N3O. The molecule has 0 aliphatic heterocycles. The fourth-order valence-corrected chi connectivity index (χ4v) is 2.11. The van der Waals surface area contributed by atoms with Gasteiger partial charge in [0.05, 0.1) is 11.4 Å². The van der Waals surface area contributed by atoms with Crippen molar-refractivity contribution in [3.63, 3.8) is 0 Å². The molecule has 0 bridgehead atoms. The quantitative estimate of drug-likeness (QED) is 0.883. The summed E-state index contributed by atoms with van der Waals surface area (Å²) in [6.07, 6.45) is 0. The zero-order valence-corrected chi connectivity index (χ0v) is 12.7. The third kappa shape index (κ3) is 3.75. The van der Waals surface area contributed by atoms with Crippen LogP contribution in [0, 0.1) is 0 Å². The Bertz CT molecular complexity index is 606. The van der Waals surface area contributed by atoms with E-state index in [1.165, 1.54) is 0 Å². The van der Waals surface area contributed by atoms with E-state index in [4.69, 9.17) is 0 Å². The lowest BCUT2D eigenvalue weighted by Gasteiger charge is -2.17. The van der Waals surface area contributed by atoms with Crippen LogP contribution in [0.2, 0.25) is 0 Å². The molecule has 0 aromatic heterocycles. The minimum absolute atomic E-state index is 0.104. The number of para-hydroxylation sites is 2. The lowest BCUT2D eigenvalue weighted by atomic mass is 10.1. The molecule has 0 saturated carbocycles. The number of hydrogen-bond acceptors (Lipinski definition) is 3. The van der Waals surface area contributed by atoms with E-state index in [9.17, 15) is 4.79 Å². The van der Waals surface area contributed by atoms with Crippen molar-refractivity contribution in [1.29, 1.82) is 0 Å². The van der Waals surface area contributed by atoms with Crippen LogP contribution in [-0.4, -0.2) is 26.5 Å². The van der Waals surface area contributed by atoms with Gasteiger partial charge >= 0.3 is 0 Å². The van der Waals surface area contributed by atoms with E-state index >= 15 is 0 Å². The van der Waals surface area contributed by atoms with Gasteiger partial charge in [-0.2, -0.15) is 0 Å². The molecule has 21 heavy (non-hydrogen) atoms. The molecule has 110 valence electrons. The van der Waals surface area contributed by atoms with Crippen molar-refractivity contribution in [3.8, 4) is 0 Å². The number of amides is 1. The van der Waals surface area contributed by atoms with Crippen LogP contribution in [0.5, 0.6) is 0 Å². The molecule has 0 atom stereocenters. The Balaban J connectivity index is 2.14. The van der Waals surface area contributed by atoms with Crippen molar-refractivity contribution >= 4 is 23.0 Å². The Kier molecular flexibility index (Phi) is 4.82. The van der Waals surface area contributed by atoms with Crippen LogP contribution >= 0.6 is 0 Å². The monoisotopic (exact) mass is 283 g/mol. The minimum atomic E-state index is -0.104. The van der Waals surface area contributed by atoms with Gasteiger partial charge in [0.25, 0.3) is 5.91 Å². The van der Waals surface area contributed by atoms with Gasteiger partial charge in [0.1, 0.15) is 0 Å². The third-order valence-corrected chi connectivity index (χ3v) is 3.16. The standard InChI is InChI=1S/C17H21N3O/c1-4-18-14-11-9-13(10-12-14)17(21)19-15-7-5-6-8-16(15)20(2)3/h5-12,18H,4H2,1-3H3,(H,19,21). The van der Waals surface area contributed by atoms with Crippen molar-refractivity contribution in [3.05, 3.63) is 54.1 Å². The molecule has 0 saturated heterocycles. The number of nitrogens with zero attached hydrogens (tertiary/aromatic N) is 1. The van der Waals surface area contributed by atoms with Crippen LogP contribution < -0.4 is 15.5 Å². The van der Waals surface area contributed by atoms with Gasteiger partial charge in [-0.15, -0.1) is 0 Å². The first-order valence-electron chi connectivity index (χ1n) is 7.03. The smallest absolute Gasteiger partial charge is 0.255 e. The van der Waals surface area contributed by atoms with Gasteiger partial charge in [-0.1, -0.05) is 12.1 Å². The molecule has 1 amide bonds. The summed E-state index contributed by atoms with van der Waals surface area (Å²) in [4.78, 5) is 14.3. The summed E-state index contributed by atoms with van der Waals surface area (Å²) in [6.45, 7) is 2.90. The van der Waals surface area contributed by atoms with Crippen LogP contribution in [-0.2, 0) is 0 Å². The average molecular weight is 283 g/mol. The van der Waals surface area contributed by atoms with Gasteiger partial charge in [-0.05, 0) is 43.3 Å². The van der Waals surface area contributed by atoms with Crippen molar-refractivity contribution in [2.75, 3.05) is 36.2 Å². The molecule has 4 heteroatoms. The maximum atomic E-state index is 12.3. The number of benzene rings is 2. The Hall–Kier alpha value is -2.49. The molecular weight excluding hydrogens is 262 g/mol. The second-order valence-electron chi connectivity index (χ2n) is 4.97. The van der Waals surface area contributed by atoms with Gasteiger partial charge in [0, 0.05) is 31.9 Å². The van der Waals surface area contributed by atoms with Gasteiger partial charge < -0.3 is 15.5 Å².